The highest BCUT2D eigenvalue weighted by molar-refractivity contribution is 7.07. The van der Waals surface area contributed by atoms with E-state index in [4.69, 9.17) is 0 Å². The maximum atomic E-state index is 11.8. The molecule has 0 radical (unpaired) electrons. The molecule has 0 saturated carbocycles. The van der Waals surface area contributed by atoms with Crippen molar-refractivity contribution in [3.8, 4) is 0 Å². The Morgan fingerprint density at radius 2 is 2.00 bits per heavy atom. The Bertz CT molecular complexity index is 579. The standard InChI is InChI=1S/C14H15N3O2S/c1-2-15-13(18)7-10-3-5-11(6-4-10)17-14(19)12-8-20-9-16-12/h3-6,8-9H,2,7H2,1H3,(H,15,18)(H,17,19). The molecule has 1 aromatic heterocycles. The number of benzene rings is 1. The predicted octanol–water partition coefficient (Wildman–Crippen LogP) is 2.07. The Morgan fingerprint density at radius 1 is 1.25 bits per heavy atom. The molecule has 1 heterocycles. The van der Waals surface area contributed by atoms with Crippen LogP contribution in [0.5, 0.6) is 0 Å². The van der Waals surface area contributed by atoms with Gasteiger partial charge in [-0.15, -0.1) is 11.3 Å². The van der Waals surface area contributed by atoms with Crippen molar-refractivity contribution in [2.75, 3.05) is 11.9 Å². The van der Waals surface area contributed by atoms with Crippen LogP contribution in [-0.2, 0) is 11.2 Å². The first-order valence-electron chi connectivity index (χ1n) is 6.24. The summed E-state index contributed by atoms with van der Waals surface area (Å²) in [6.07, 6.45) is 0.341. The quantitative estimate of drug-likeness (QED) is 0.885. The van der Waals surface area contributed by atoms with Crippen LogP contribution in [0, 0.1) is 0 Å². The molecule has 0 unspecified atom stereocenters. The number of anilines is 1. The SMILES string of the molecule is CCNC(=O)Cc1ccc(NC(=O)c2cscn2)cc1. The molecular formula is C14H15N3O2S. The summed E-state index contributed by atoms with van der Waals surface area (Å²) in [6.45, 7) is 2.51. The molecule has 1 aromatic carbocycles. The molecule has 2 N–H and O–H groups in total. The van der Waals surface area contributed by atoms with Crippen LogP contribution in [0.25, 0.3) is 0 Å². The summed E-state index contributed by atoms with van der Waals surface area (Å²) >= 11 is 1.38. The molecule has 6 heteroatoms. The lowest BCUT2D eigenvalue weighted by molar-refractivity contribution is -0.120. The van der Waals surface area contributed by atoms with E-state index >= 15 is 0 Å². The average molecular weight is 289 g/mol. The lowest BCUT2D eigenvalue weighted by Gasteiger charge is -2.05. The summed E-state index contributed by atoms with van der Waals surface area (Å²) in [5.74, 6) is -0.241. The molecule has 5 nitrogen and oxygen atoms in total. The number of rotatable bonds is 5. The van der Waals surface area contributed by atoms with Crippen molar-refractivity contribution in [2.24, 2.45) is 0 Å². The third kappa shape index (κ3) is 3.89. The van der Waals surface area contributed by atoms with E-state index in [0.29, 0.717) is 24.3 Å². The van der Waals surface area contributed by atoms with Crippen molar-refractivity contribution in [1.29, 1.82) is 0 Å². The Labute approximate surface area is 121 Å². The Kier molecular flexibility index (Phi) is 4.84. The second-order valence-electron chi connectivity index (χ2n) is 4.16. The van der Waals surface area contributed by atoms with Gasteiger partial charge in [-0.05, 0) is 24.6 Å². The minimum Gasteiger partial charge on any atom is -0.356 e. The first-order chi connectivity index (χ1) is 9.69. The van der Waals surface area contributed by atoms with Crippen LogP contribution in [0.2, 0.25) is 0 Å². The van der Waals surface area contributed by atoms with Gasteiger partial charge in [0, 0.05) is 17.6 Å². The van der Waals surface area contributed by atoms with E-state index in [1.165, 1.54) is 11.3 Å². The summed E-state index contributed by atoms with van der Waals surface area (Å²) in [6, 6.07) is 7.20. The fraction of sp³-hybridized carbons (Fsp3) is 0.214. The van der Waals surface area contributed by atoms with Gasteiger partial charge in [-0.2, -0.15) is 0 Å². The monoisotopic (exact) mass is 289 g/mol. The van der Waals surface area contributed by atoms with Crippen LogP contribution in [0.15, 0.2) is 35.2 Å². The van der Waals surface area contributed by atoms with Gasteiger partial charge in [0.15, 0.2) is 0 Å². The second kappa shape index (κ2) is 6.81. The van der Waals surface area contributed by atoms with Crippen LogP contribution < -0.4 is 10.6 Å². The molecule has 0 atom stereocenters. The zero-order chi connectivity index (χ0) is 14.4. The predicted molar refractivity (Wildman–Crippen MR) is 78.9 cm³/mol. The molecule has 2 amide bonds. The summed E-state index contributed by atoms with van der Waals surface area (Å²) in [5, 5.41) is 7.19. The topological polar surface area (TPSA) is 71.1 Å². The zero-order valence-corrected chi connectivity index (χ0v) is 11.9. The van der Waals surface area contributed by atoms with Gasteiger partial charge in [0.05, 0.1) is 11.9 Å². The smallest absolute Gasteiger partial charge is 0.275 e. The van der Waals surface area contributed by atoms with E-state index < -0.39 is 0 Å². The number of carbonyl (C=O) groups is 2. The Morgan fingerprint density at radius 3 is 2.60 bits per heavy atom. The van der Waals surface area contributed by atoms with E-state index in [-0.39, 0.29) is 11.8 Å². The van der Waals surface area contributed by atoms with Crippen molar-refractivity contribution in [3.05, 3.63) is 46.4 Å². The number of nitrogens with one attached hydrogen (secondary N) is 2. The number of likely N-dealkylation sites (N-methyl/N-ethyl adjacent to an activating group) is 1. The molecule has 0 aliphatic heterocycles. The van der Waals surface area contributed by atoms with Crippen molar-refractivity contribution in [2.45, 2.75) is 13.3 Å². The lowest BCUT2D eigenvalue weighted by Crippen LogP contribution is -2.24. The third-order valence-electron chi connectivity index (χ3n) is 2.62. The van der Waals surface area contributed by atoms with Gasteiger partial charge in [-0.3, -0.25) is 9.59 Å². The number of hydrogen-bond acceptors (Lipinski definition) is 4. The van der Waals surface area contributed by atoms with Gasteiger partial charge in [0.1, 0.15) is 5.69 Å². The Hall–Kier alpha value is -2.21. The van der Waals surface area contributed by atoms with Gasteiger partial charge >= 0.3 is 0 Å². The van der Waals surface area contributed by atoms with Gasteiger partial charge in [0.25, 0.3) is 5.91 Å². The molecule has 0 bridgehead atoms. The van der Waals surface area contributed by atoms with Gasteiger partial charge in [0.2, 0.25) is 5.91 Å². The van der Waals surface area contributed by atoms with Crippen LogP contribution in [-0.4, -0.2) is 23.3 Å². The number of thiazole rings is 1. The fourth-order valence-electron chi connectivity index (χ4n) is 1.67. The van der Waals surface area contributed by atoms with Crippen molar-refractivity contribution in [3.63, 3.8) is 0 Å². The molecule has 0 saturated heterocycles. The molecule has 20 heavy (non-hydrogen) atoms. The summed E-state index contributed by atoms with van der Waals surface area (Å²) in [4.78, 5) is 27.2. The summed E-state index contributed by atoms with van der Waals surface area (Å²) in [5.41, 5.74) is 3.61. The average Bonchev–Trinajstić information content (AvgIpc) is 2.95. The Balaban J connectivity index is 1.95. The van der Waals surface area contributed by atoms with Crippen LogP contribution in [0.3, 0.4) is 0 Å². The van der Waals surface area contributed by atoms with E-state index in [1.54, 1.807) is 23.0 Å². The minimum absolute atomic E-state index is 0.00763. The number of carbonyl (C=O) groups excluding carboxylic acids is 2. The molecule has 2 rings (SSSR count). The first kappa shape index (κ1) is 14.2. The molecular weight excluding hydrogens is 274 g/mol. The molecule has 0 aliphatic carbocycles. The van der Waals surface area contributed by atoms with Gasteiger partial charge in [-0.1, -0.05) is 12.1 Å². The number of hydrogen-bond donors (Lipinski definition) is 2. The largest absolute Gasteiger partial charge is 0.356 e. The normalized spacial score (nSPS) is 10.1. The molecule has 2 aromatic rings. The maximum Gasteiger partial charge on any atom is 0.275 e. The summed E-state index contributed by atoms with van der Waals surface area (Å²) in [7, 11) is 0. The molecule has 0 aliphatic rings. The third-order valence-corrected chi connectivity index (χ3v) is 3.20. The molecule has 0 fully saturated rings. The van der Waals surface area contributed by atoms with E-state index in [0.717, 1.165) is 5.56 Å². The number of amides is 2. The highest BCUT2D eigenvalue weighted by Crippen LogP contribution is 2.12. The number of nitrogens with zero attached hydrogens (tertiary/aromatic N) is 1. The molecule has 104 valence electrons. The van der Waals surface area contributed by atoms with Crippen LogP contribution in [0.1, 0.15) is 23.0 Å². The van der Waals surface area contributed by atoms with Crippen LogP contribution in [0.4, 0.5) is 5.69 Å². The summed E-state index contributed by atoms with van der Waals surface area (Å²) < 4.78 is 0. The van der Waals surface area contributed by atoms with Crippen molar-refractivity contribution in [1.82, 2.24) is 10.3 Å². The second-order valence-corrected chi connectivity index (χ2v) is 4.87. The van der Waals surface area contributed by atoms with Gasteiger partial charge < -0.3 is 10.6 Å². The fourth-order valence-corrected chi connectivity index (χ4v) is 2.20. The zero-order valence-electron chi connectivity index (χ0n) is 11.1. The minimum atomic E-state index is -0.234. The van der Waals surface area contributed by atoms with Crippen LogP contribution >= 0.6 is 11.3 Å². The van der Waals surface area contributed by atoms with Gasteiger partial charge in [-0.25, -0.2) is 4.98 Å². The molecule has 0 spiro atoms. The van der Waals surface area contributed by atoms with E-state index in [9.17, 15) is 9.59 Å². The van der Waals surface area contributed by atoms with E-state index in [1.807, 2.05) is 19.1 Å². The van der Waals surface area contributed by atoms with Crippen molar-refractivity contribution < 1.29 is 9.59 Å². The highest BCUT2D eigenvalue weighted by Gasteiger charge is 2.08. The number of aromatic nitrogens is 1. The lowest BCUT2D eigenvalue weighted by atomic mass is 10.1. The van der Waals surface area contributed by atoms with Crippen molar-refractivity contribution >= 4 is 28.8 Å². The highest BCUT2D eigenvalue weighted by atomic mass is 32.1. The first-order valence-corrected chi connectivity index (χ1v) is 7.18. The van der Waals surface area contributed by atoms with E-state index in [2.05, 4.69) is 15.6 Å². The maximum absolute atomic E-state index is 11.8.